The first-order chi connectivity index (χ1) is 8.99. The van der Waals surface area contributed by atoms with Crippen molar-refractivity contribution in [3.63, 3.8) is 0 Å². The average molecular weight is 259 g/mol. The molecule has 0 aliphatic rings. The third-order valence-corrected chi connectivity index (χ3v) is 2.88. The van der Waals surface area contributed by atoms with Crippen LogP contribution in [0.15, 0.2) is 30.5 Å². The summed E-state index contributed by atoms with van der Waals surface area (Å²) in [7, 11) is 0. The van der Waals surface area contributed by atoms with Crippen molar-refractivity contribution in [1.82, 2.24) is 9.78 Å². The van der Waals surface area contributed by atoms with Gasteiger partial charge in [0.25, 0.3) is 0 Å². The molecule has 0 spiro atoms. The van der Waals surface area contributed by atoms with Crippen LogP contribution in [0.5, 0.6) is 0 Å². The summed E-state index contributed by atoms with van der Waals surface area (Å²) in [4.78, 5) is 22.0. The molecule has 0 radical (unpaired) electrons. The zero-order chi connectivity index (χ0) is 14.0. The van der Waals surface area contributed by atoms with Crippen LogP contribution in [-0.2, 0) is 6.54 Å². The van der Waals surface area contributed by atoms with E-state index in [9.17, 15) is 9.59 Å². The Kier molecular flexibility index (Phi) is 3.33. The van der Waals surface area contributed by atoms with E-state index in [2.05, 4.69) is 5.10 Å². The van der Waals surface area contributed by atoms with Crippen LogP contribution in [0.4, 0.5) is 0 Å². The second-order valence-electron chi connectivity index (χ2n) is 4.17. The van der Waals surface area contributed by atoms with E-state index in [0.717, 1.165) is 5.56 Å². The minimum absolute atomic E-state index is 0.172. The number of benzene rings is 1. The largest absolute Gasteiger partial charge is 0.478 e. The van der Waals surface area contributed by atoms with Gasteiger partial charge in [0.05, 0.1) is 18.4 Å². The molecule has 0 saturated heterocycles. The summed E-state index contributed by atoms with van der Waals surface area (Å²) in [6.07, 6.45) is 1.32. The molecule has 1 aromatic carbocycles. The van der Waals surface area contributed by atoms with Crippen molar-refractivity contribution in [2.24, 2.45) is 5.73 Å². The molecule has 1 heterocycles. The summed E-state index contributed by atoms with van der Waals surface area (Å²) in [5.41, 5.74) is 7.20. The van der Waals surface area contributed by atoms with E-state index in [1.807, 2.05) is 6.07 Å². The molecule has 2 rings (SSSR count). The van der Waals surface area contributed by atoms with Crippen molar-refractivity contribution in [1.29, 1.82) is 0 Å². The lowest BCUT2D eigenvalue weighted by Gasteiger charge is -2.06. The van der Waals surface area contributed by atoms with Gasteiger partial charge in [-0.15, -0.1) is 0 Å². The fourth-order valence-corrected chi connectivity index (χ4v) is 1.81. The fraction of sp³-hybridized carbons (Fsp3) is 0.154. The van der Waals surface area contributed by atoms with E-state index in [1.54, 1.807) is 29.8 Å². The van der Waals surface area contributed by atoms with Gasteiger partial charge in [0, 0.05) is 5.56 Å². The third-order valence-electron chi connectivity index (χ3n) is 2.88. The molecule has 3 N–H and O–H groups in total. The Balaban J connectivity index is 2.29. The van der Waals surface area contributed by atoms with Crippen LogP contribution >= 0.6 is 0 Å². The van der Waals surface area contributed by atoms with Gasteiger partial charge in [0.2, 0.25) is 5.91 Å². The van der Waals surface area contributed by atoms with Gasteiger partial charge in [0.15, 0.2) is 0 Å². The first kappa shape index (κ1) is 12.8. The molecule has 0 saturated carbocycles. The van der Waals surface area contributed by atoms with Crippen molar-refractivity contribution in [2.75, 3.05) is 0 Å². The average Bonchev–Trinajstić information content (AvgIpc) is 2.71. The number of carbonyl (C=O) groups is 2. The van der Waals surface area contributed by atoms with Crippen LogP contribution in [-0.4, -0.2) is 26.8 Å². The maximum atomic E-state index is 11.1. The minimum atomic E-state index is -1.00. The predicted octanol–water partition coefficient (Wildman–Crippen LogP) is 1.04. The van der Waals surface area contributed by atoms with Gasteiger partial charge in [-0.25, -0.2) is 4.79 Å². The van der Waals surface area contributed by atoms with Gasteiger partial charge in [-0.05, 0) is 24.6 Å². The molecule has 0 aliphatic heterocycles. The molecule has 0 aliphatic carbocycles. The first-order valence-electron chi connectivity index (χ1n) is 5.63. The number of nitrogens with zero attached hydrogens (tertiary/aromatic N) is 2. The van der Waals surface area contributed by atoms with Crippen LogP contribution in [0.25, 0.3) is 0 Å². The highest BCUT2D eigenvalue weighted by atomic mass is 16.4. The number of carboxylic acid groups (broad SMARTS) is 1. The Morgan fingerprint density at radius 2 is 2.16 bits per heavy atom. The minimum Gasteiger partial charge on any atom is -0.478 e. The molecular formula is C13H13N3O3. The maximum absolute atomic E-state index is 11.1. The van der Waals surface area contributed by atoms with E-state index in [0.29, 0.717) is 17.8 Å². The number of primary amides is 1. The van der Waals surface area contributed by atoms with E-state index in [1.165, 1.54) is 6.20 Å². The number of nitrogens with two attached hydrogens (primary N) is 1. The Bertz CT molecular complexity index is 646. The standard InChI is InChI=1S/C13H13N3O3/c1-8-11(13(18)19)6-15-16(8)7-9-3-2-4-10(5-9)12(14)17/h2-6H,7H2,1H3,(H2,14,17)(H,18,19). The quantitative estimate of drug-likeness (QED) is 0.856. The second kappa shape index (κ2) is 4.93. The summed E-state index contributed by atoms with van der Waals surface area (Å²) >= 11 is 0. The Morgan fingerprint density at radius 3 is 2.74 bits per heavy atom. The maximum Gasteiger partial charge on any atom is 0.339 e. The highest BCUT2D eigenvalue weighted by Gasteiger charge is 2.13. The van der Waals surface area contributed by atoms with Crippen molar-refractivity contribution in [2.45, 2.75) is 13.5 Å². The highest BCUT2D eigenvalue weighted by Crippen LogP contribution is 2.11. The van der Waals surface area contributed by atoms with Gasteiger partial charge in [-0.1, -0.05) is 12.1 Å². The Morgan fingerprint density at radius 1 is 1.42 bits per heavy atom. The van der Waals surface area contributed by atoms with Gasteiger partial charge in [0.1, 0.15) is 5.56 Å². The van der Waals surface area contributed by atoms with Crippen LogP contribution in [0, 0.1) is 6.92 Å². The van der Waals surface area contributed by atoms with Gasteiger partial charge in [-0.3, -0.25) is 9.48 Å². The van der Waals surface area contributed by atoms with Gasteiger partial charge >= 0.3 is 5.97 Å². The Labute approximate surface area is 109 Å². The third kappa shape index (κ3) is 2.62. The van der Waals surface area contributed by atoms with Crippen LogP contribution in [0.2, 0.25) is 0 Å². The lowest BCUT2D eigenvalue weighted by molar-refractivity contribution is 0.0695. The topological polar surface area (TPSA) is 98.2 Å². The number of amides is 1. The molecular weight excluding hydrogens is 246 g/mol. The lowest BCUT2D eigenvalue weighted by atomic mass is 10.1. The molecule has 0 fully saturated rings. The summed E-state index contributed by atoms with van der Waals surface area (Å²) in [6.45, 7) is 2.08. The van der Waals surface area contributed by atoms with Crippen molar-refractivity contribution in [3.8, 4) is 0 Å². The van der Waals surface area contributed by atoms with Crippen LogP contribution in [0.1, 0.15) is 32.0 Å². The van der Waals surface area contributed by atoms with Gasteiger partial charge in [-0.2, -0.15) is 5.10 Å². The monoisotopic (exact) mass is 259 g/mol. The molecule has 6 nitrogen and oxygen atoms in total. The van der Waals surface area contributed by atoms with E-state index in [-0.39, 0.29) is 5.56 Å². The smallest absolute Gasteiger partial charge is 0.339 e. The summed E-state index contributed by atoms with van der Waals surface area (Å²) in [6, 6.07) is 6.86. The summed E-state index contributed by atoms with van der Waals surface area (Å²) < 4.78 is 1.57. The molecule has 98 valence electrons. The normalized spacial score (nSPS) is 10.4. The molecule has 6 heteroatoms. The van der Waals surface area contributed by atoms with E-state index >= 15 is 0 Å². The second-order valence-corrected chi connectivity index (χ2v) is 4.17. The Hall–Kier alpha value is -2.63. The zero-order valence-corrected chi connectivity index (χ0v) is 10.3. The highest BCUT2D eigenvalue weighted by molar-refractivity contribution is 5.92. The number of hydrogen-bond acceptors (Lipinski definition) is 3. The number of aromatic nitrogens is 2. The van der Waals surface area contributed by atoms with Crippen LogP contribution < -0.4 is 5.73 Å². The lowest BCUT2D eigenvalue weighted by Crippen LogP contribution is -2.12. The number of carbonyl (C=O) groups excluding carboxylic acids is 1. The molecule has 0 bridgehead atoms. The molecule has 0 atom stereocenters. The van der Waals surface area contributed by atoms with Crippen LogP contribution in [0.3, 0.4) is 0 Å². The van der Waals surface area contributed by atoms with Crippen molar-refractivity contribution < 1.29 is 14.7 Å². The van der Waals surface area contributed by atoms with E-state index < -0.39 is 11.9 Å². The SMILES string of the molecule is Cc1c(C(=O)O)cnn1Cc1cccc(C(N)=O)c1. The number of carboxylic acids is 1. The summed E-state index contributed by atoms with van der Waals surface area (Å²) in [5, 5.41) is 13.0. The predicted molar refractivity (Wildman–Crippen MR) is 68.0 cm³/mol. The molecule has 1 aromatic heterocycles. The van der Waals surface area contributed by atoms with Gasteiger partial charge < -0.3 is 10.8 Å². The fourth-order valence-electron chi connectivity index (χ4n) is 1.81. The number of hydrogen-bond donors (Lipinski definition) is 2. The van der Waals surface area contributed by atoms with E-state index in [4.69, 9.17) is 10.8 Å². The first-order valence-corrected chi connectivity index (χ1v) is 5.63. The van der Waals surface area contributed by atoms with Crippen molar-refractivity contribution >= 4 is 11.9 Å². The molecule has 1 amide bonds. The number of rotatable bonds is 4. The summed E-state index contributed by atoms with van der Waals surface area (Å²) in [5.74, 6) is -1.50. The van der Waals surface area contributed by atoms with Crippen molar-refractivity contribution in [3.05, 3.63) is 52.8 Å². The molecule has 0 unspecified atom stereocenters. The molecule has 2 aromatic rings. The number of aromatic carboxylic acids is 1. The zero-order valence-electron chi connectivity index (χ0n) is 10.3. The molecule has 19 heavy (non-hydrogen) atoms.